The van der Waals surface area contributed by atoms with Gasteiger partial charge in [0, 0.05) is 47.4 Å². The Kier molecular flexibility index (Phi) is 6.94. The topological polar surface area (TPSA) is 125 Å². The van der Waals surface area contributed by atoms with Gasteiger partial charge in [-0.1, -0.05) is 0 Å². The maximum Gasteiger partial charge on any atom is 0.227 e. The Morgan fingerprint density at radius 2 is 1.84 bits per heavy atom. The van der Waals surface area contributed by atoms with Crippen molar-refractivity contribution in [3.63, 3.8) is 0 Å². The second-order valence-electron chi connectivity index (χ2n) is 11.8. The first-order valence-corrected chi connectivity index (χ1v) is 15.3. The third-order valence-electron chi connectivity index (χ3n) is 8.52. The zero-order valence-corrected chi connectivity index (χ0v) is 24.5. The third kappa shape index (κ3) is 5.62. The fraction of sp³-hybridized carbons (Fsp3) is 0.265. The van der Waals surface area contributed by atoms with Crippen LogP contribution in [-0.4, -0.2) is 67.2 Å². The summed E-state index contributed by atoms with van der Waals surface area (Å²) in [6.07, 6.45) is 11.2. The molecule has 10 nitrogen and oxygen atoms in total. The summed E-state index contributed by atoms with van der Waals surface area (Å²) in [5, 5.41) is 11.5. The molecule has 2 fully saturated rings. The number of nitrogens with one attached hydrogen (secondary N) is 3. The van der Waals surface area contributed by atoms with E-state index in [0.29, 0.717) is 40.5 Å². The molecule has 0 unspecified atom stereocenters. The van der Waals surface area contributed by atoms with Crippen LogP contribution in [0.25, 0.3) is 55.7 Å². The van der Waals surface area contributed by atoms with Gasteiger partial charge in [0.05, 0.1) is 40.5 Å². The molecule has 1 aromatic carbocycles. The number of nitrogens with zero attached hydrogens (tertiary/aromatic N) is 5. The molecule has 1 amide bonds. The number of likely N-dealkylation sites (tertiary alicyclic amines) is 1. The van der Waals surface area contributed by atoms with E-state index in [1.54, 1.807) is 24.8 Å². The first-order chi connectivity index (χ1) is 22.1. The molecule has 11 heteroatoms. The number of carbonyl (C=O) groups excluding carboxylic acids is 1. The van der Waals surface area contributed by atoms with Crippen molar-refractivity contribution in [3.05, 3.63) is 73.1 Å². The van der Waals surface area contributed by atoms with E-state index in [1.165, 1.54) is 25.0 Å². The van der Waals surface area contributed by atoms with Crippen LogP contribution < -0.4 is 10.1 Å². The number of hydrogen-bond acceptors (Lipinski definition) is 7. The van der Waals surface area contributed by atoms with E-state index < -0.39 is 0 Å². The van der Waals surface area contributed by atoms with E-state index in [9.17, 15) is 9.18 Å². The highest BCUT2D eigenvalue weighted by Crippen LogP contribution is 2.35. The number of amides is 1. The second kappa shape index (κ2) is 11.4. The van der Waals surface area contributed by atoms with Crippen LogP contribution in [0.5, 0.6) is 5.75 Å². The normalized spacial score (nSPS) is 15.2. The lowest BCUT2D eigenvalue weighted by atomic mass is 10.0. The van der Waals surface area contributed by atoms with Gasteiger partial charge in [0.25, 0.3) is 0 Å². The smallest absolute Gasteiger partial charge is 0.227 e. The Morgan fingerprint density at radius 3 is 2.71 bits per heavy atom. The second-order valence-corrected chi connectivity index (χ2v) is 11.8. The molecular weight excluding hydrogens is 571 g/mol. The summed E-state index contributed by atoms with van der Waals surface area (Å²) in [4.78, 5) is 31.8. The van der Waals surface area contributed by atoms with E-state index >= 15 is 0 Å². The van der Waals surface area contributed by atoms with Crippen LogP contribution in [0.4, 0.5) is 10.1 Å². The van der Waals surface area contributed by atoms with Crippen LogP contribution in [0.15, 0.2) is 67.3 Å². The molecule has 8 rings (SSSR count). The lowest BCUT2D eigenvalue weighted by Gasteiger charge is -2.15. The van der Waals surface area contributed by atoms with Crippen molar-refractivity contribution in [1.82, 2.24) is 35.0 Å². The quantitative estimate of drug-likeness (QED) is 0.180. The highest BCUT2D eigenvalue weighted by Gasteiger charge is 2.29. The Labute approximate surface area is 258 Å². The number of anilines is 1. The maximum absolute atomic E-state index is 14.8. The summed E-state index contributed by atoms with van der Waals surface area (Å²) in [6, 6.07) is 12.5. The first kappa shape index (κ1) is 27.4. The third-order valence-corrected chi connectivity index (χ3v) is 8.52. The predicted octanol–water partition coefficient (Wildman–Crippen LogP) is 6.19. The molecule has 0 radical (unpaired) electrons. The van der Waals surface area contributed by atoms with Crippen molar-refractivity contribution in [1.29, 1.82) is 0 Å². The Balaban J connectivity index is 1.10. The van der Waals surface area contributed by atoms with Gasteiger partial charge in [-0.15, -0.1) is 0 Å². The maximum atomic E-state index is 14.8. The van der Waals surface area contributed by atoms with Crippen LogP contribution >= 0.6 is 0 Å². The zero-order valence-electron chi connectivity index (χ0n) is 24.5. The molecule has 0 spiro atoms. The summed E-state index contributed by atoms with van der Waals surface area (Å²) >= 11 is 0. The van der Waals surface area contributed by atoms with E-state index in [-0.39, 0.29) is 17.6 Å². The number of hydrogen-bond donors (Lipinski definition) is 3. The van der Waals surface area contributed by atoms with Crippen molar-refractivity contribution in [2.45, 2.75) is 25.7 Å². The molecule has 226 valence electrons. The van der Waals surface area contributed by atoms with Crippen molar-refractivity contribution in [2.24, 2.45) is 5.92 Å². The van der Waals surface area contributed by atoms with Gasteiger partial charge in [0.15, 0.2) is 0 Å². The molecule has 0 bridgehead atoms. The fourth-order valence-electron chi connectivity index (χ4n) is 5.99. The predicted molar refractivity (Wildman–Crippen MR) is 170 cm³/mol. The van der Waals surface area contributed by atoms with Crippen LogP contribution in [0.1, 0.15) is 25.7 Å². The standard InChI is InChI=1S/C34H31FN8O2/c35-23-11-21(13-25(14-23)45-10-9-43-7-1-2-8-43)27-18-37-19-31-26(27)15-30(39-31)33-32-29(41-42-33)6-5-28(40-32)22-12-24(17-36-16-22)38-34(44)20-3-4-20/h5-6,11-20,39H,1-4,7-10H2,(H,38,44)(H,41,42). The molecule has 0 atom stereocenters. The number of carbonyl (C=O) groups is 1. The Morgan fingerprint density at radius 1 is 0.978 bits per heavy atom. The average molecular weight is 603 g/mol. The summed E-state index contributed by atoms with van der Waals surface area (Å²) in [5.41, 5.74) is 7.24. The van der Waals surface area contributed by atoms with E-state index in [4.69, 9.17) is 9.72 Å². The Bertz CT molecular complexity index is 2040. The van der Waals surface area contributed by atoms with Gasteiger partial charge in [0.1, 0.15) is 29.4 Å². The number of aromatic nitrogens is 6. The number of rotatable bonds is 9. The lowest BCUT2D eigenvalue weighted by molar-refractivity contribution is -0.117. The number of H-pyrrole nitrogens is 2. The minimum atomic E-state index is -0.364. The summed E-state index contributed by atoms with van der Waals surface area (Å²) < 4.78 is 20.7. The van der Waals surface area contributed by atoms with E-state index in [1.807, 2.05) is 30.3 Å². The molecule has 1 saturated carbocycles. The summed E-state index contributed by atoms with van der Waals surface area (Å²) in [6.45, 7) is 3.52. The van der Waals surface area contributed by atoms with Crippen molar-refractivity contribution < 1.29 is 13.9 Å². The Hall–Kier alpha value is -5.16. The van der Waals surface area contributed by atoms with Gasteiger partial charge < -0.3 is 15.0 Å². The number of halogens is 1. The van der Waals surface area contributed by atoms with Gasteiger partial charge in [0.2, 0.25) is 5.91 Å². The van der Waals surface area contributed by atoms with Crippen molar-refractivity contribution in [2.75, 3.05) is 31.6 Å². The molecule has 1 aliphatic carbocycles. The van der Waals surface area contributed by atoms with E-state index in [2.05, 4.69) is 35.4 Å². The molecule has 3 N–H and O–H groups in total. The van der Waals surface area contributed by atoms with E-state index in [0.717, 1.165) is 65.7 Å². The average Bonchev–Trinajstić information content (AvgIpc) is 3.40. The van der Waals surface area contributed by atoms with Crippen LogP contribution in [0, 0.1) is 11.7 Å². The number of fused-ring (bicyclic) bond motifs is 2. The SMILES string of the molecule is O=C(Nc1cncc(-c2ccc3[nH]nc(-c4cc5c(-c6cc(F)cc(OCCN7CCCC7)c6)cncc5[nH]4)c3n2)c1)C1CC1. The molecular formula is C34H31FN8O2. The molecule has 2 aliphatic rings. The molecule has 1 saturated heterocycles. The lowest BCUT2D eigenvalue weighted by Crippen LogP contribution is -2.25. The molecule has 1 aliphatic heterocycles. The highest BCUT2D eigenvalue weighted by atomic mass is 19.1. The summed E-state index contributed by atoms with van der Waals surface area (Å²) in [5.74, 6) is 0.265. The highest BCUT2D eigenvalue weighted by molar-refractivity contribution is 6.00. The monoisotopic (exact) mass is 602 g/mol. The van der Waals surface area contributed by atoms with Crippen LogP contribution in [-0.2, 0) is 4.79 Å². The first-order valence-electron chi connectivity index (χ1n) is 15.3. The number of pyridine rings is 3. The number of benzene rings is 1. The van der Waals surface area contributed by atoms with Gasteiger partial charge >= 0.3 is 0 Å². The van der Waals surface area contributed by atoms with Crippen LogP contribution in [0.3, 0.4) is 0 Å². The van der Waals surface area contributed by atoms with Crippen LogP contribution in [0.2, 0.25) is 0 Å². The number of ether oxygens (including phenoxy) is 1. The number of aromatic amines is 2. The van der Waals surface area contributed by atoms with Gasteiger partial charge in [-0.3, -0.25) is 24.8 Å². The van der Waals surface area contributed by atoms with Crippen molar-refractivity contribution in [3.8, 4) is 39.5 Å². The summed E-state index contributed by atoms with van der Waals surface area (Å²) in [7, 11) is 0. The molecule has 6 aromatic rings. The molecule has 5 aromatic heterocycles. The molecule has 45 heavy (non-hydrogen) atoms. The minimum Gasteiger partial charge on any atom is -0.492 e. The van der Waals surface area contributed by atoms with Gasteiger partial charge in [-0.05, 0) is 80.7 Å². The largest absolute Gasteiger partial charge is 0.492 e. The zero-order chi connectivity index (χ0) is 30.3. The minimum absolute atomic E-state index is 0.0293. The van der Waals surface area contributed by atoms with Gasteiger partial charge in [-0.2, -0.15) is 5.10 Å². The van der Waals surface area contributed by atoms with Crippen molar-refractivity contribution >= 4 is 33.5 Å². The van der Waals surface area contributed by atoms with Gasteiger partial charge in [-0.25, -0.2) is 9.37 Å². The molecule has 6 heterocycles. The fourth-order valence-corrected chi connectivity index (χ4v) is 5.99.